The van der Waals surface area contributed by atoms with Crippen LogP contribution >= 0.6 is 11.6 Å². The van der Waals surface area contributed by atoms with Crippen LogP contribution in [0.3, 0.4) is 0 Å². The van der Waals surface area contributed by atoms with Crippen LogP contribution in [0.4, 0.5) is 8.78 Å². The molecule has 0 radical (unpaired) electrons. The van der Waals surface area contributed by atoms with Gasteiger partial charge in [-0.1, -0.05) is 11.6 Å². The molecule has 0 bridgehead atoms. The van der Waals surface area contributed by atoms with Gasteiger partial charge < -0.3 is 5.32 Å². The molecule has 0 spiro atoms. The molecule has 0 aliphatic rings. The number of hydrogen-bond donors (Lipinski definition) is 1. The van der Waals surface area contributed by atoms with Gasteiger partial charge in [-0.3, -0.25) is 4.98 Å². The summed E-state index contributed by atoms with van der Waals surface area (Å²) in [4.78, 5) is 3.91. The van der Waals surface area contributed by atoms with Crippen LogP contribution in [0.15, 0.2) is 36.7 Å². The Bertz CT molecular complexity index is 575. The summed E-state index contributed by atoms with van der Waals surface area (Å²) in [5.74, 6) is -0.876. The third-order valence-corrected chi connectivity index (χ3v) is 3.28. The van der Waals surface area contributed by atoms with Gasteiger partial charge in [0.2, 0.25) is 0 Å². The van der Waals surface area contributed by atoms with Crippen LogP contribution < -0.4 is 5.32 Å². The quantitative estimate of drug-likeness (QED) is 0.928. The highest BCUT2D eigenvalue weighted by atomic mass is 35.5. The van der Waals surface area contributed by atoms with Crippen LogP contribution in [0.5, 0.6) is 0 Å². The zero-order valence-electron chi connectivity index (χ0n) is 10.3. The molecule has 1 atom stereocenters. The minimum Gasteiger partial charge on any atom is -0.313 e. The summed E-state index contributed by atoms with van der Waals surface area (Å²) in [6, 6.07) is 5.00. The topological polar surface area (TPSA) is 24.9 Å². The number of nitrogens with one attached hydrogen (secondary N) is 1. The molecule has 0 saturated heterocycles. The zero-order chi connectivity index (χ0) is 13.8. The van der Waals surface area contributed by atoms with E-state index in [2.05, 4.69) is 10.3 Å². The van der Waals surface area contributed by atoms with Gasteiger partial charge in [0.1, 0.15) is 11.6 Å². The molecule has 19 heavy (non-hydrogen) atoms. The smallest absolute Gasteiger partial charge is 0.126 e. The van der Waals surface area contributed by atoms with Crippen LogP contribution in [0.25, 0.3) is 0 Å². The lowest BCUT2D eigenvalue weighted by molar-refractivity contribution is 0.543. The molecule has 2 aromatic rings. The predicted molar refractivity (Wildman–Crippen MR) is 71.1 cm³/mol. The van der Waals surface area contributed by atoms with Crippen molar-refractivity contribution in [1.82, 2.24) is 10.3 Å². The molecule has 5 heteroatoms. The van der Waals surface area contributed by atoms with E-state index in [4.69, 9.17) is 11.6 Å². The van der Waals surface area contributed by atoms with Gasteiger partial charge in [-0.05, 0) is 48.9 Å². The summed E-state index contributed by atoms with van der Waals surface area (Å²) in [5, 5.41) is 3.55. The van der Waals surface area contributed by atoms with Crippen molar-refractivity contribution in [1.29, 1.82) is 0 Å². The van der Waals surface area contributed by atoms with Crippen molar-refractivity contribution in [3.8, 4) is 0 Å². The number of hydrogen-bond acceptors (Lipinski definition) is 2. The highest BCUT2D eigenvalue weighted by Gasteiger charge is 2.16. The Hall–Kier alpha value is -1.52. The first-order valence-corrected chi connectivity index (χ1v) is 6.20. The average molecular weight is 283 g/mol. The van der Waals surface area contributed by atoms with Crippen molar-refractivity contribution in [3.63, 3.8) is 0 Å². The lowest BCUT2D eigenvalue weighted by Gasteiger charge is -2.18. The Morgan fingerprint density at radius 2 is 2.11 bits per heavy atom. The number of halogens is 3. The van der Waals surface area contributed by atoms with Gasteiger partial charge >= 0.3 is 0 Å². The first-order valence-electron chi connectivity index (χ1n) is 5.82. The molecule has 0 saturated carbocycles. The van der Waals surface area contributed by atoms with Crippen molar-refractivity contribution in [2.75, 3.05) is 7.05 Å². The minimum atomic E-state index is -0.452. The molecule has 1 aromatic carbocycles. The highest BCUT2D eigenvalue weighted by Crippen LogP contribution is 2.25. The average Bonchev–Trinajstić information content (AvgIpc) is 2.41. The second kappa shape index (κ2) is 6.08. The summed E-state index contributed by atoms with van der Waals surface area (Å²) in [6.07, 6.45) is 3.46. The predicted octanol–water partition coefficient (Wildman–Crippen LogP) is 3.52. The second-order valence-electron chi connectivity index (χ2n) is 4.18. The molecule has 100 valence electrons. The monoisotopic (exact) mass is 282 g/mol. The molecule has 0 amide bonds. The zero-order valence-corrected chi connectivity index (χ0v) is 11.1. The van der Waals surface area contributed by atoms with Crippen LogP contribution in [-0.2, 0) is 6.42 Å². The Balaban J connectivity index is 2.29. The molecule has 1 aromatic heterocycles. The minimum absolute atomic E-state index is 0.202. The molecule has 0 fully saturated rings. The molecule has 0 aliphatic heterocycles. The number of rotatable bonds is 4. The normalized spacial score (nSPS) is 12.4. The van der Waals surface area contributed by atoms with Gasteiger partial charge in [0.25, 0.3) is 0 Å². The molecule has 2 nitrogen and oxygen atoms in total. The number of benzene rings is 1. The largest absolute Gasteiger partial charge is 0.313 e. The first kappa shape index (κ1) is 13.9. The summed E-state index contributed by atoms with van der Waals surface area (Å²) < 4.78 is 26.8. The van der Waals surface area contributed by atoms with Crippen molar-refractivity contribution in [2.24, 2.45) is 0 Å². The molecule has 2 rings (SSSR count). The van der Waals surface area contributed by atoms with E-state index < -0.39 is 11.6 Å². The summed E-state index contributed by atoms with van der Waals surface area (Å²) >= 11 is 6.06. The van der Waals surface area contributed by atoms with E-state index in [1.165, 1.54) is 12.3 Å². The van der Waals surface area contributed by atoms with Gasteiger partial charge in [-0.15, -0.1) is 0 Å². The van der Waals surface area contributed by atoms with Crippen molar-refractivity contribution in [2.45, 2.75) is 12.5 Å². The molecular formula is C14H13ClF2N2. The first-order chi connectivity index (χ1) is 9.11. The van der Waals surface area contributed by atoms with E-state index >= 15 is 0 Å². The third kappa shape index (κ3) is 3.28. The maximum Gasteiger partial charge on any atom is 0.126 e. The SMILES string of the molecule is CNC(Cc1cc(F)ccc1F)c1ccncc1Cl. The third-order valence-electron chi connectivity index (χ3n) is 2.96. The lowest BCUT2D eigenvalue weighted by atomic mass is 9.99. The molecule has 1 unspecified atom stereocenters. The Morgan fingerprint density at radius 1 is 1.32 bits per heavy atom. The van der Waals surface area contributed by atoms with Crippen molar-refractivity contribution in [3.05, 3.63) is 64.4 Å². The van der Waals surface area contributed by atoms with Crippen LogP contribution in [0.2, 0.25) is 5.02 Å². The van der Waals surface area contributed by atoms with Gasteiger partial charge in [0.05, 0.1) is 5.02 Å². The number of nitrogens with zero attached hydrogens (tertiary/aromatic N) is 1. The molecule has 0 aliphatic carbocycles. The van der Waals surface area contributed by atoms with Gasteiger partial charge in [0, 0.05) is 18.4 Å². The number of likely N-dealkylation sites (N-methyl/N-ethyl adjacent to an activating group) is 1. The van der Waals surface area contributed by atoms with E-state index in [0.29, 0.717) is 17.0 Å². The fraction of sp³-hybridized carbons (Fsp3) is 0.214. The summed E-state index contributed by atoms with van der Waals surface area (Å²) in [6.45, 7) is 0. The van der Waals surface area contributed by atoms with E-state index in [-0.39, 0.29) is 6.04 Å². The highest BCUT2D eigenvalue weighted by molar-refractivity contribution is 6.31. The Morgan fingerprint density at radius 3 is 2.79 bits per heavy atom. The van der Waals surface area contributed by atoms with E-state index in [1.54, 1.807) is 19.3 Å². The number of pyridine rings is 1. The number of aromatic nitrogens is 1. The van der Waals surface area contributed by atoms with Crippen molar-refractivity contribution >= 4 is 11.6 Å². The van der Waals surface area contributed by atoms with Gasteiger partial charge in [0.15, 0.2) is 0 Å². The molecule has 1 N–H and O–H groups in total. The van der Waals surface area contributed by atoms with Gasteiger partial charge in [-0.25, -0.2) is 8.78 Å². The van der Waals surface area contributed by atoms with Crippen LogP contribution in [0.1, 0.15) is 17.2 Å². The van der Waals surface area contributed by atoms with E-state index in [1.807, 2.05) is 0 Å². The maximum atomic E-state index is 13.6. The standard InChI is InChI=1S/C14H13ClF2N2/c1-18-14(11-4-5-19-8-12(11)15)7-9-6-10(16)2-3-13(9)17/h2-6,8,14,18H,7H2,1H3. The summed E-state index contributed by atoms with van der Waals surface area (Å²) in [5.41, 5.74) is 1.12. The Labute approximate surface area is 115 Å². The lowest BCUT2D eigenvalue weighted by Crippen LogP contribution is -2.20. The summed E-state index contributed by atoms with van der Waals surface area (Å²) in [7, 11) is 1.75. The fourth-order valence-electron chi connectivity index (χ4n) is 1.96. The van der Waals surface area contributed by atoms with E-state index in [0.717, 1.165) is 17.7 Å². The second-order valence-corrected chi connectivity index (χ2v) is 4.59. The maximum absolute atomic E-state index is 13.6. The van der Waals surface area contributed by atoms with Crippen LogP contribution in [0, 0.1) is 11.6 Å². The molecule has 1 heterocycles. The molecular weight excluding hydrogens is 270 g/mol. The Kier molecular flexibility index (Phi) is 4.45. The van der Waals surface area contributed by atoms with E-state index in [9.17, 15) is 8.78 Å². The van der Waals surface area contributed by atoms with Crippen LogP contribution in [-0.4, -0.2) is 12.0 Å². The van der Waals surface area contributed by atoms with Crippen molar-refractivity contribution < 1.29 is 8.78 Å². The fourth-order valence-corrected chi connectivity index (χ4v) is 2.21. The van der Waals surface area contributed by atoms with Gasteiger partial charge in [-0.2, -0.15) is 0 Å².